The van der Waals surface area contributed by atoms with Gasteiger partial charge >= 0.3 is 0 Å². The number of ether oxygens (including phenoxy) is 1. The lowest BCUT2D eigenvalue weighted by atomic mass is 9.98. The van der Waals surface area contributed by atoms with Gasteiger partial charge in [-0.15, -0.1) is 0 Å². The smallest absolute Gasteiger partial charge is 0.124 e. The summed E-state index contributed by atoms with van der Waals surface area (Å²) in [5.41, 5.74) is 2.43. The number of halogens is 1. The summed E-state index contributed by atoms with van der Waals surface area (Å²) in [5.74, 6) is 0.966. The van der Waals surface area contributed by atoms with E-state index in [9.17, 15) is 0 Å². The van der Waals surface area contributed by atoms with Gasteiger partial charge in [-0.3, -0.25) is 0 Å². The topological polar surface area (TPSA) is 21.3 Å². The fourth-order valence-electron chi connectivity index (χ4n) is 2.33. The summed E-state index contributed by atoms with van der Waals surface area (Å²) in [6.45, 7) is 5.90. The fraction of sp³-hybridized carbons (Fsp3) is 0.333. The average molecular weight is 348 g/mol. The Morgan fingerprint density at radius 3 is 2.43 bits per heavy atom. The monoisotopic (exact) mass is 347 g/mol. The zero-order chi connectivity index (χ0) is 15.1. The minimum atomic E-state index is 0.149. The molecule has 2 nitrogen and oxygen atoms in total. The molecule has 0 bridgehead atoms. The second-order valence-electron chi connectivity index (χ2n) is 4.93. The first-order valence-electron chi connectivity index (χ1n) is 7.46. The lowest BCUT2D eigenvalue weighted by molar-refractivity contribution is 0.312. The van der Waals surface area contributed by atoms with Gasteiger partial charge in [-0.2, -0.15) is 0 Å². The molecule has 2 aromatic rings. The van der Waals surface area contributed by atoms with Gasteiger partial charge in [-0.05, 0) is 36.7 Å². The van der Waals surface area contributed by atoms with Gasteiger partial charge in [0.25, 0.3) is 0 Å². The van der Waals surface area contributed by atoms with E-state index in [1.807, 2.05) is 12.1 Å². The molecule has 0 aliphatic rings. The van der Waals surface area contributed by atoms with Gasteiger partial charge < -0.3 is 10.1 Å². The van der Waals surface area contributed by atoms with Crippen LogP contribution in [0, 0.1) is 0 Å². The van der Waals surface area contributed by atoms with Crippen molar-refractivity contribution in [3.05, 3.63) is 64.1 Å². The van der Waals surface area contributed by atoms with Crippen LogP contribution in [0.25, 0.3) is 0 Å². The van der Waals surface area contributed by atoms with Crippen molar-refractivity contribution in [2.75, 3.05) is 13.2 Å². The third kappa shape index (κ3) is 4.32. The van der Waals surface area contributed by atoms with Crippen LogP contribution >= 0.6 is 15.9 Å². The third-order valence-electron chi connectivity index (χ3n) is 3.30. The van der Waals surface area contributed by atoms with Gasteiger partial charge in [-0.1, -0.05) is 60.1 Å². The molecular weight excluding hydrogens is 326 g/mol. The van der Waals surface area contributed by atoms with Crippen LogP contribution in [0.1, 0.15) is 37.4 Å². The highest BCUT2D eigenvalue weighted by Crippen LogP contribution is 2.30. The van der Waals surface area contributed by atoms with Crippen LogP contribution in [0.15, 0.2) is 53.0 Å². The molecule has 0 spiro atoms. The van der Waals surface area contributed by atoms with Crippen molar-refractivity contribution in [3.8, 4) is 5.75 Å². The third-order valence-corrected chi connectivity index (χ3v) is 3.83. The van der Waals surface area contributed by atoms with Gasteiger partial charge in [0.15, 0.2) is 0 Å². The largest absolute Gasteiger partial charge is 0.493 e. The van der Waals surface area contributed by atoms with Crippen LogP contribution in [0.5, 0.6) is 5.75 Å². The summed E-state index contributed by atoms with van der Waals surface area (Å²) in [6, 6.07) is 16.9. The van der Waals surface area contributed by atoms with Crippen molar-refractivity contribution in [1.82, 2.24) is 5.32 Å². The maximum atomic E-state index is 5.91. The van der Waals surface area contributed by atoms with Crippen molar-refractivity contribution in [1.29, 1.82) is 0 Å². The molecular formula is C18H22BrNO. The molecule has 0 amide bonds. The second-order valence-corrected chi connectivity index (χ2v) is 5.84. The molecule has 3 heteroatoms. The predicted octanol–water partition coefficient (Wildman–Crippen LogP) is 4.94. The van der Waals surface area contributed by atoms with Crippen molar-refractivity contribution in [3.63, 3.8) is 0 Å². The highest BCUT2D eigenvalue weighted by molar-refractivity contribution is 9.10. The van der Waals surface area contributed by atoms with Crippen LogP contribution in [0.4, 0.5) is 0 Å². The van der Waals surface area contributed by atoms with Crippen LogP contribution in [-0.2, 0) is 0 Å². The molecule has 0 heterocycles. The first kappa shape index (κ1) is 16.1. The molecule has 21 heavy (non-hydrogen) atoms. The Labute approximate surface area is 135 Å². The highest BCUT2D eigenvalue weighted by Gasteiger charge is 2.17. The van der Waals surface area contributed by atoms with E-state index < -0.39 is 0 Å². The summed E-state index contributed by atoms with van der Waals surface area (Å²) in [5, 5.41) is 3.56. The first-order valence-corrected chi connectivity index (χ1v) is 8.26. The van der Waals surface area contributed by atoms with Crippen LogP contribution in [0.2, 0.25) is 0 Å². The van der Waals surface area contributed by atoms with E-state index in [2.05, 4.69) is 71.5 Å². The summed E-state index contributed by atoms with van der Waals surface area (Å²) in [7, 11) is 0. The normalized spacial score (nSPS) is 12.1. The minimum Gasteiger partial charge on any atom is -0.493 e. The van der Waals surface area contributed by atoms with E-state index in [-0.39, 0.29) is 6.04 Å². The standard InChI is InChI=1S/C18H22BrNO/c1-3-13-21-17-8-6-5-7-16(17)18(20-4-2)14-9-11-15(19)12-10-14/h5-12,18,20H,3-4,13H2,1-2H3. The van der Waals surface area contributed by atoms with E-state index >= 15 is 0 Å². The molecule has 0 saturated carbocycles. The Hall–Kier alpha value is -1.32. The molecule has 2 aromatic carbocycles. The molecule has 0 radical (unpaired) electrons. The van der Waals surface area contributed by atoms with Gasteiger partial charge in [0.2, 0.25) is 0 Å². The summed E-state index contributed by atoms with van der Waals surface area (Å²) in [6.07, 6.45) is 1.01. The first-order chi connectivity index (χ1) is 10.3. The average Bonchev–Trinajstić information content (AvgIpc) is 2.52. The Balaban J connectivity index is 2.35. The van der Waals surface area contributed by atoms with Crippen molar-refractivity contribution in [2.45, 2.75) is 26.3 Å². The molecule has 112 valence electrons. The van der Waals surface area contributed by atoms with Gasteiger partial charge in [0, 0.05) is 10.0 Å². The molecule has 0 aromatic heterocycles. The van der Waals surface area contributed by atoms with E-state index in [1.54, 1.807) is 0 Å². The SMILES string of the molecule is CCCOc1ccccc1C(NCC)c1ccc(Br)cc1. The Morgan fingerprint density at radius 1 is 1.05 bits per heavy atom. The molecule has 0 aliphatic carbocycles. The van der Waals surface area contributed by atoms with Crippen molar-refractivity contribution >= 4 is 15.9 Å². The second kappa shape index (κ2) is 8.20. The lowest BCUT2D eigenvalue weighted by Crippen LogP contribution is -2.22. The van der Waals surface area contributed by atoms with E-state index in [4.69, 9.17) is 4.74 Å². The Morgan fingerprint density at radius 2 is 1.76 bits per heavy atom. The zero-order valence-electron chi connectivity index (χ0n) is 12.6. The van der Waals surface area contributed by atoms with Crippen LogP contribution in [-0.4, -0.2) is 13.2 Å². The van der Waals surface area contributed by atoms with E-state index in [0.29, 0.717) is 0 Å². The van der Waals surface area contributed by atoms with Gasteiger partial charge in [0.05, 0.1) is 12.6 Å². The van der Waals surface area contributed by atoms with Crippen LogP contribution in [0.3, 0.4) is 0 Å². The maximum Gasteiger partial charge on any atom is 0.124 e. The fourth-order valence-corrected chi connectivity index (χ4v) is 2.59. The molecule has 0 fully saturated rings. The number of nitrogens with one attached hydrogen (secondary N) is 1. The quantitative estimate of drug-likeness (QED) is 0.765. The zero-order valence-corrected chi connectivity index (χ0v) is 14.2. The number of hydrogen-bond donors (Lipinski definition) is 1. The van der Waals surface area contributed by atoms with Gasteiger partial charge in [-0.25, -0.2) is 0 Å². The molecule has 2 rings (SSSR count). The van der Waals surface area contributed by atoms with Crippen LogP contribution < -0.4 is 10.1 Å². The van der Waals surface area contributed by atoms with E-state index in [0.717, 1.165) is 29.8 Å². The van der Waals surface area contributed by atoms with Crippen molar-refractivity contribution < 1.29 is 4.74 Å². The molecule has 1 atom stereocenters. The molecule has 1 unspecified atom stereocenters. The summed E-state index contributed by atoms with van der Waals surface area (Å²) < 4.78 is 7.00. The Bertz CT molecular complexity index is 553. The van der Waals surface area contributed by atoms with Gasteiger partial charge in [0.1, 0.15) is 5.75 Å². The summed E-state index contributed by atoms with van der Waals surface area (Å²) >= 11 is 3.49. The number of para-hydroxylation sites is 1. The van der Waals surface area contributed by atoms with E-state index in [1.165, 1.54) is 11.1 Å². The number of hydrogen-bond acceptors (Lipinski definition) is 2. The number of rotatable bonds is 7. The molecule has 0 saturated heterocycles. The molecule has 1 N–H and O–H groups in total. The number of benzene rings is 2. The lowest BCUT2D eigenvalue weighted by Gasteiger charge is -2.22. The maximum absolute atomic E-state index is 5.91. The molecule has 0 aliphatic heterocycles. The Kier molecular flexibility index (Phi) is 6.27. The minimum absolute atomic E-state index is 0.149. The highest BCUT2D eigenvalue weighted by atomic mass is 79.9. The van der Waals surface area contributed by atoms with Crippen molar-refractivity contribution in [2.24, 2.45) is 0 Å². The predicted molar refractivity (Wildman–Crippen MR) is 91.9 cm³/mol. The summed E-state index contributed by atoms with van der Waals surface area (Å²) in [4.78, 5) is 0.